The van der Waals surface area contributed by atoms with Crippen molar-refractivity contribution in [3.8, 4) is 0 Å². The van der Waals surface area contributed by atoms with Crippen molar-refractivity contribution in [3.05, 3.63) is 0 Å². The average molecular weight is 256 g/mol. The molecular weight excluding hydrogens is 240 g/mol. The molecule has 0 aromatic heterocycles. The summed E-state index contributed by atoms with van der Waals surface area (Å²) in [6.07, 6.45) is 5.88. The zero-order valence-corrected chi connectivity index (χ0v) is 9.51. The number of hydrogen-bond donors (Lipinski definition) is 1. The summed E-state index contributed by atoms with van der Waals surface area (Å²) < 4.78 is 0. The van der Waals surface area contributed by atoms with E-state index in [0.717, 1.165) is 12.8 Å². The van der Waals surface area contributed by atoms with E-state index in [9.17, 15) is 4.79 Å². The Morgan fingerprint density at radius 3 is 2.00 bits per heavy atom. The van der Waals surface area contributed by atoms with Crippen LogP contribution in [0.4, 0.5) is 0 Å². The molecule has 0 heterocycles. The molecule has 0 unspecified atom stereocenters. The van der Waals surface area contributed by atoms with E-state index < -0.39 is 5.97 Å². The van der Waals surface area contributed by atoms with Crippen LogP contribution in [0.2, 0.25) is 0 Å². The quantitative estimate of drug-likeness (QED) is 0.585. The summed E-state index contributed by atoms with van der Waals surface area (Å²) in [7, 11) is 0. The summed E-state index contributed by atoms with van der Waals surface area (Å²) in [5, 5.41) is 8.27. The van der Waals surface area contributed by atoms with Crippen LogP contribution in [0.15, 0.2) is 0 Å². The Morgan fingerprint density at radius 1 is 1.08 bits per heavy atom. The number of rotatable bonds is 6. The van der Waals surface area contributed by atoms with Crippen molar-refractivity contribution in [2.24, 2.45) is 0 Å². The van der Waals surface area contributed by atoms with E-state index in [-0.39, 0.29) is 34.1 Å². The van der Waals surface area contributed by atoms with Gasteiger partial charge in [0.2, 0.25) is 0 Å². The van der Waals surface area contributed by atoms with E-state index >= 15 is 0 Å². The molecule has 0 spiro atoms. The molecule has 4 heteroatoms. The van der Waals surface area contributed by atoms with E-state index in [1.807, 2.05) is 0 Å². The van der Waals surface area contributed by atoms with Crippen LogP contribution in [0.25, 0.3) is 0 Å². The Morgan fingerprint density at radius 2 is 1.58 bits per heavy atom. The molecule has 0 saturated heterocycles. The second kappa shape index (κ2) is 14.1. The molecule has 0 aliphatic rings. The topological polar surface area (TPSA) is 37.3 Å². The Labute approximate surface area is 95.4 Å². The Bertz CT molecular complexity index is 97.1. The van der Waals surface area contributed by atoms with E-state index in [1.54, 1.807) is 0 Å². The first-order chi connectivity index (χ1) is 4.77. The normalized spacial score (nSPS) is 8.08. The minimum absolute atomic E-state index is 0. The fourth-order valence-corrected chi connectivity index (χ4v) is 0.880. The Hall–Kier alpha value is 0.509. The molecule has 0 aliphatic carbocycles. The van der Waals surface area contributed by atoms with Crippen LogP contribution in [0.3, 0.4) is 0 Å². The number of carbonyl (C=O) groups is 1. The predicted molar refractivity (Wildman–Crippen MR) is 41.0 cm³/mol. The molecule has 0 aromatic rings. The van der Waals surface area contributed by atoms with Gasteiger partial charge in [0.25, 0.3) is 0 Å². The Kier molecular flexibility index (Phi) is 21.5. The third-order valence-corrected chi connectivity index (χ3v) is 1.49. The van der Waals surface area contributed by atoms with Gasteiger partial charge < -0.3 is 5.11 Å². The molecule has 0 fully saturated rings. The van der Waals surface area contributed by atoms with E-state index in [0.29, 0.717) is 6.42 Å². The van der Waals surface area contributed by atoms with Crippen molar-refractivity contribution in [1.82, 2.24) is 0 Å². The van der Waals surface area contributed by atoms with Crippen LogP contribution < -0.4 is 0 Å². The van der Waals surface area contributed by atoms with Gasteiger partial charge in [-0.15, -0.1) is 0 Å². The average Bonchev–Trinajstić information content (AvgIpc) is 1.87. The van der Waals surface area contributed by atoms with Gasteiger partial charge in [-0.25, -0.2) is 0 Å². The zero-order chi connectivity index (χ0) is 7.82. The molecular formula is C8H16Fe2O2. The molecule has 0 amide bonds. The van der Waals surface area contributed by atoms with Crippen LogP contribution in [-0.4, -0.2) is 11.1 Å². The molecule has 0 atom stereocenters. The van der Waals surface area contributed by atoms with Gasteiger partial charge in [0.05, 0.1) is 0 Å². The van der Waals surface area contributed by atoms with Gasteiger partial charge in [-0.2, -0.15) is 0 Å². The van der Waals surface area contributed by atoms with Crippen molar-refractivity contribution in [2.45, 2.75) is 45.4 Å². The number of carboxylic acid groups (broad SMARTS) is 1. The molecule has 0 bridgehead atoms. The van der Waals surface area contributed by atoms with Crippen LogP contribution in [0, 0.1) is 0 Å². The molecule has 0 rings (SSSR count). The predicted octanol–water partition coefficient (Wildman–Crippen LogP) is 2.43. The summed E-state index contributed by atoms with van der Waals surface area (Å²) in [4.78, 5) is 10.0. The second-order valence-corrected chi connectivity index (χ2v) is 2.56. The molecule has 12 heavy (non-hydrogen) atoms. The SMILES string of the molecule is CCCCCCCC(=O)O.[Fe].[Fe]. The van der Waals surface area contributed by atoms with E-state index in [2.05, 4.69) is 6.92 Å². The fourth-order valence-electron chi connectivity index (χ4n) is 0.880. The molecule has 0 aliphatic heterocycles. The van der Waals surface area contributed by atoms with Gasteiger partial charge in [0.1, 0.15) is 0 Å². The summed E-state index contributed by atoms with van der Waals surface area (Å²) in [5.74, 6) is -0.670. The van der Waals surface area contributed by atoms with Gasteiger partial charge in [0.15, 0.2) is 0 Å². The summed E-state index contributed by atoms with van der Waals surface area (Å²) in [6.45, 7) is 2.15. The Balaban J connectivity index is -0.000000405. The van der Waals surface area contributed by atoms with Crippen molar-refractivity contribution >= 4 is 5.97 Å². The van der Waals surface area contributed by atoms with Gasteiger partial charge in [-0.05, 0) is 6.42 Å². The number of hydrogen-bond acceptors (Lipinski definition) is 1. The van der Waals surface area contributed by atoms with Gasteiger partial charge in [0, 0.05) is 40.6 Å². The number of unbranched alkanes of at least 4 members (excludes halogenated alkanes) is 4. The smallest absolute Gasteiger partial charge is 0.303 e. The summed E-state index contributed by atoms with van der Waals surface area (Å²) in [5.41, 5.74) is 0. The van der Waals surface area contributed by atoms with Crippen molar-refractivity contribution in [1.29, 1.82) is 0 Å². The number of aliphatic carboxylic acids is 1. The number of carboxylic acids is 1. The fraction of sp³-hybridized carbons (Fsp3) is 0.875. The monoisotopic (exact) mass is 256 g/mol. The van der Waals surface area contributed by atoms with Gasteiger partial charge in [-0.3, -0.25) is 4.79 Å². The van der Waals surface area contributed by atoms with Gasteiger partial charge >= 0.3 is 5.97 Å². The van der Waals surface area contributed by atoms with Crippen molar-refractivity contribution < 1.29 is 44.0 Å². The third kappa shape index (κ3) is 16.9. The largest absolute Gasteiger partial charge is 0.481 e. The zero-order valence-electron chi connectivity index (χ0n) is 7.31. The molecule has 76 valence electrons. The van der Waals surface area contributed by atoms with Crippen LogP contribution >= 0.6 is 0 Å². The van der Waals surface area contributed by atoms with Crippen molar-refractivity contribution in [2.75, 3.05) is 0 Å². The summed E-state index contributed by atoms with van der Waals surface area (Å²) in [6, 6.07) is 0. The van der Waals surface area contributed by atoms with Crippen LogP contribution in [-0.2, 0) is 38.9 Å². The molecule has 2 nitrogen and oxygen atoms in total. The van der Waals surface area contributed by atoms with Crippen molar-refractivity contribution in [3.63, 3.8) is 0 Å². The first-order valence-electron chi connectivity index (χ1n) is 3.99. The standard InChI is InChI=1S/C8H16O2.2Fe/c1-2-3-4-5-6-7-8(9)10;;/h2-7H2,1H3,(H,9,10);;. The minimum Gasteiger partial charge on any atom is -0.481 e. The maximum absolute atomic E-state index is 10.0. The molecule has 0 saturated carbocycles. The maximum atomic E-state index is 10.0. The van der Waals surface area contributed by atoms with Gasteiger partial charge in [-0.1, -0.05) is 32.6 Å². The molecule has 0 radical (unpaired) electrons. The molecule has 0 aromatic carbocycles. The maximum Gasteiger partial charge on any atom is 0.303 e. The third-order valence-electron chi connectivity index (χ3n) is 1.49. The first kappa shape index (κ1) is 18.3. The van der Waals surface area contributed by atoms with Crippen LogP contribution in [0.5, 0.6) is 0 Å². The summed E-state index contributed by atoms with van der Waals surface area (Å²) >= 11 is 0. The van der Waals surface area contributed by atoms with E-state index in [1.165, 1.54) is 19.3 Å². The second-order valence-electron chi connectivity index (χ2n) is 2.56. The van der Waals surface area contributed by atoms with Crippen LogP contribution in [0.1, 0.15) is 45.4 Å². The van der Waals surface area contributed by atoms with E-state index in [4.69, 9.17) is 5.11 Å². The minimum atomic E-state index is -0.670. The molecule has 1 N–H and O–H groups in total. The first-order valence-corrected chi connectivity index (χ1v) is 3.99.